The van der Waals surface area contributed by atoms with Crippen molar-refractivity contribution >= 4 is 17.3 Å². The number of benzene rings is 1. The van der Waals surface area contributed by atoms with E-state index in [1.54, 1.807) is 0 Å². The Bertz CT molecular complexity index is 355. The normalized spacial score (nSPS) is 10.0. The summed E-state index contributed by atoms with van der Waals surface area (Å²) < 4.78 is 17.4. The molecule has 1 rings (SSSR count). The second-order valence-corrected chi connectivity index (χ2v) is 3.02. The minimum atomic E-state index is -0.428. The molecule has 15 heavy (non-hydrogen) atoms. The van der Waals surface area contributed by atoms with Gasteiger partial charge in [0.1, 0.15) is 5.82 Å². The second-order valence-electron chi connectivity index (χ2n) is 3.02. The van der Waals surface area contributed by atoms with E-state index in [2.05, 4.69) is 5.32 Å². The molecule has 0 unspecified atom stereocenters. The average Bonchev–Trinajstić information content (AvgIpc) is 2.19. The van der Waals surface area contributed by atoms with Crippen LogP contribution in [0.2, 0.25) is 0 Å². The Morgan fingerprint density at radius 3 is 2.93 bits per heavy atom. The second kappa shape index (κ2) is 5.31. The largest absolute Gasteiger partial charge is 0.397 e. The molecule has 5 heteroatoms. The van der Waals surface area contributed by atoms with Crippen LogP contribution in [0.3, 0.4) is 0 Å². The van der Waals surface area contributed by atoms with Gasteiger partial charge < -0.3 is 15.8 Å². The van der Waals surface area contributed by atoms with Crippen LogP contribution in [0.4, 0.5) is 15.8 Å². The monoisotopic (exact) mass is 212 g/mol. The van der Waals surface area contributed by atoms with E-state index in [9.17, 15) is 9.18 Å². The van der Waals surface area contributed by atoms with Crippen LogP contribution in [0.25, 0.3) is 0 Å². The van der Waals surface area contributed by atoms with Gasteiger partial charge in [0.05, 0.1) is 24.4 Å². The summed E-state index contributed by atoms with van der Waals surface area (Å²) in [5, 5.41) is 2.56. The summed E-state index contributed by atoms with van der Waals surface area (Å²) >= 11 is 0. The fraction of sp³-hybridized carbons (Fsp3) is 0.300. The van der Waals surface area contributed by atoms with E-state index in [4.69, 9.17) is 10.5 Å². The van der Waals surface area contributed by atoms with Gasteiger partial charge in [-0.3, -0.25) is 4.79 Å². The highest BCUT2D eigenvalue weighted by Crippen LogP contribution is 2.18. The molecule has 0 spiro atoms. The van der Waals surface area contributed by atoms with Crippen LogP contribution in [-0.2, 0) is 9.53 Å². The molecule has 0 aliphatic carbocycles. The van der Waals surface area contributed by atoms with Crippen molar-refractivity contribution in [1.29, 1.82) is 0 Å². The van der Waals surface area contributed by atoms with Crippen molar-refractivity contribution in [2.24, 2.45) is 0 Å². The van der Waals surface area contributed by atoms with Gasteiger partial charge in [-0.05, 0) is 18.2 Å². The average molecular weight is 212 g/mol. The van der Waals surface area contributed by atoms with Gasteiger partial charge in [-0.1, -0.05) is 0 Å². The topological polar surface area (TPSA) is 64.3 Å². The summed E-state index contributed by atoms with van der Waals surface area (Å²) in [6, 6.07) is 3.82. The smallest absolute Gasteiger partial charge is 0.226 e. The lowest BCUT2D eigenvalue weighted by Crippen LogP contribution is -2.14. The predicted octanol–water partition coefficient (Wildman–Crippen LogP) is 1.38. The van der Waals surface area contributed by atoms with E-state index in [0.717, 1.165) is 6.07 Å². The molecule has 0 saturated carbocycles. The molecular weight excluding hydrogens is 199 g/mol. The summed E-state index contributed by atoms with van der Waals surface area (Å²) in [4.78, 5) is 11.3. The molecule has 0 bridgehead atoms. The summed E-state index contributed by atoms with van der Waals surface area (Å²) in [6.45, 7) is 0.340. The Balaban J connectivity index is 2.60. The third-order valence-electron chi connectivity index (χ3n) is 1.82. The Kier molecular flexibility index (Phi) is 4.05. The first-order valence-electron chi connectivity index (χ1n) is 4.47. The molecule has 0 heterocycles. The van der Waals surface area contributed by atoms with Crippen molar-refractivity contribution in [2.75, 3.05) is 24.8 Å². The third-order valence-corrected chi connectivity index (χ3v) is 1.82. The van der Waals surface area contributed by atoms with Crippen molar-refractivity contribution < 1.29 is 13.9 Å². The molecule has 1 aromatic carbocycles. The van der Waals surface area contributed by atoms with Gasteiger partial charge in [-0.2, -0.15) is 0 Å². The number of hydrogen-bond acceptors (Lipinski definition) is 3. The molecule has 1 aromatic rings. The molecular formula is C10H13FN2O2. The van der Waals surface area contributed by atoms with Gasteiger partial charge in [0.2, 0.25) is 5.91 Å². The Morgan fingerprint density at radius 1 is 1.60 bits per heavy atom. The number of carbonyl (C=O) groups is 1. The number of halogens is 1. The van der Waals surface area contributed by atoms with E-state index in [-0.39, 0.29) is 18.0 Å². The summed E-state index contributed by atoms with van der Waals surface area (Å²) in [5.41, 5.74) is 6.14. The fourth-order valence-corrected chi connectivity index (χ4v) is 1.05. The number of nitrogens with two attached hydrogens (primary N) is 1. The lowest BCUT2D eigenvalue weighted by Gasteiger charge is -2.07. The quantitative estimate of drug-likeness (QED) is 0.741. The van der Waals surface area contributed by atoms with Crippen LogP contribution in [0.15, 0.2) is 18.2 Å². The number of methoxy groups -OCH3 is 1. The number of nitrogen functional groups attached to an aromatic ring is 1. The first-order valence-corrected chi connectivity index (χ1v) is 4.47. The van der Waals surface area contributed by atoms with E-state index < -0.39 is 5.82 Å². The van der Waals surface area contributed by atoms with Crippen LogP contribution in [-0.4, -0.2) is 19.6 Å². The maximum atomic E-state index is 12.7. The number of anilines is 2. The first-order chi connectivity index (χ1) is 7.13. The maximum absolute atomic E-state index is 12.7. The van der Waals surface area contributed by atoms with Crippen molar-refractivity contribution in [1.82, 2.24) is 0 Å². The molecule has 82 valence electrons. The van der Waals surface area contributed by atoms with Crippen LogP contribution >= 0.6 is 0 Å². The van der Waals surface area contributed by atoms with Crippen LogP contribution in [0, 0.1) is 5.82 Å². The zero-order valence-corrected chi connectivity index (χ0v) is 8.42. The zero-order chi connectivity index (χ0) is 11.3. The highest BCUT2D eigenvalue weighted by atomic mass is 19.1. The molecule has 0 atom stereocenters. The Hall–Kier alpha value is -1.62. The molecule has 0 saturated heterocycles. The summed E-state index contributed by atoms with van der Waals surface area (Å²) in [7, 11) is 1.51. The van der Waals surface area contributed by atoms with Gasteiger partial charge in [0.15, 0.2) is 0 Å². The van der Waals surface area contributed by atoms with Gasteiger partial charge in [-0.15, -0.1) is 0 Å². The highest BCUT2D eigenvalue weighted by Gasteiger charge is 2.05. The first kappa shape index (κ1) is 11.5. The highest BCUT2D eigenvalue weighted by molar-refractivity contribution is 5.93. The molecule has 0 fully saturated rings. The van der Waals surface area contributed by atoms with Gasteiger partial charge in [-0.25, -0.2) is 4.39 Å². The molecule has 4 nitrogen and oxygen atoms in total. The van der Waals surface area contributed by atoms with E-state index >= 15 is 0 Å². The van der Waals surface area contributed by atoms with E-state index in [1.807, 2.05) is 0 Å². The van der Waals surface area contributed by atoms with Crippen LogP contribution < -0.4 is 11.1 Å². The van der Waals surface area contributed by atoms with Gasteiger partial charge in [0, 0.05) is 7.11 Å². The number of hydrogen-bond donors (Lipinski definition) is 2. The van der Waals surface area contributed by atoms with Crippen LogP contribution in [0.5, 0.6) is 0 Å². The van der Waals surface area contributed by atoms with Crippen molar-refractivity contribution in [3.05, 3.63) is 24.0 Å². The maximum Gasteiger partial charge on any atom is 0.226 e. The molecule has 1 amide bonds. The minimum absolute atomic E-state index is 0.209. The van der Waals surface area contributed by atoms with Crippen molar-refractivity contribution in [3.63, 3.8) is 0 Å². The van der Waals surface area contributed by atoms with Gasteiger partial charge >= 0.3 is 0 Å². The summed E-state index contributed by atoms with van der Waals surface area (Å²) in [6.07, 6.45) is 0.243. The number of nitrogens with one attached hydrogen (secondary N) is 1. The van der Waals surface area contributed by atoms with E-state index in [0.29, 0.717) is 12.3 Å². The lowest BCUT2D eigenvalue weighted by molar-refractivity contribution is -0.117. The summed E-state index contributed by atoms with van der Waals surface area (Å²) in [5.74, 6) is -0.641. The molecule has 3 N–H and O–H groups in total. The Labute approximate surface area is 87.2 Å². The number of rotatable bonds is 4. The molecule has 0 radical (unpaired) electrons. The van der Waals surface area contributed by atoms with E-state index in [1.165, 1.54) is 19.2 Å². The SMILES string of the molecule is COCCC(=O)Nc1ccc(F)cc1N. The number of ether oxygens (including phenoxy) is 1. The third kappa shape index (κ3) is 3.55. The van der Waals surface area contributed by atoms with Crippen LogP contribution in [0.1, 0.15) is 6.42 Å². The molecule has 0 aliphatic heterocycles. The predicted molar refractivity (Wildman–Crippen MR) is 55.9 cm³/mol. The van der Waals surface area contributed by atoms with Crippen molar-refractivity contribution in [3.8, 4) is 0 Å². The Morgan fingerprint density at radius 2 is 2.33 bits per heavy atom. The van der Waals surface area contributed by atoms with Gasteiger partial charge in [0.25, 0.3) is 0 Å². The number of amides is 1. The molecule has 0 aliphatic rings. The minimum Gasteiger partial charge on any atom is -0.397 e. The zero-order valence-electron chi connectivity index (χ0n) is 8.42. The number of carbonyl (C=O) groups excluding carboxylic acids is 1. The molecule has 0 aromatic heterocycles. The van der Waals surface area contributed by atoms with Crippen molar-refractivity contribution in [2.45, 2.75) is 6.42 Å². The lowest BCUT2D eigenvalue weighted by atomic mass is 10.2. The fourth-order valence-electron chi connectivity index (χ4n) is 1.05. The standard InChI is InChI=1S/C10H13FN2O2/c1-15-5-4-10(14)13-9-3-2-7(11)6-8(9)12/h2-3,6H,4-5,12H2,1H3,(H,13,14).